The highest BCUT2D eigenvalue weighted by atomic mass is 35.5. The molecule has 0 saturated carbocycles. The van der Waals surface area contributed by atoms with Crippen LogP contribution in [0.3, 0.4) is 0 Å². The number of nitrogens with zero attached hydrogens (tertiary/aromatic N) is 1. The van der Waals surface area contributed by atoms with E-state index in [1.807, 2.05) is 0 Å². The van der Waals surface area contributed by atoms with Gasteiger partial charge in [0, 0.05) is 6.20 Å². The van der Waals surface area contributed by atoms with Crippen LogP contribution in [0.15, 0.2) is 18.3 Å². The van der Waals surface area contributed by atoms with E-state index in [1.54, 1.807) is 12.1 Å². The van der Waals surface area contributed by atoms with Crippen LogP contribution in [0.1, 0.15) is 12.0 Å². The molecule has 0 atom stereocenters. The Labute approximate surface area is 91.0 Å². The fourth-order valence-corrected chi connectivity index (χ4v) is 1.19. The normalized spacial score (nSPS) is 10.7. The van der Waals surface area contributed by atoms with Crippen molar-refractivity contribution < 1.29 is 9.90 Å². The first kappa shape index (κ1) is 11.0. The SMILES string of the molecule is O=C(O)CC=Cc1ccnc(Cl)c1Cl. The molecule has 74 valence electrons. The number of hydrogen-bond donors (Lipinski definition) is 1. The molecule has 0 spiro atoms. The van der Waals surface area contributed by atoms with Crippen molar-refractivity contribution in [3.05, 3.63) is 34.1 Å². The maximum absolute atomic E-state index is 10.2. The highest BCUT2D eigenvalue weighted by Crippen LogP contribution is 2.24. The summed E-state index contributed by atoms with van der Waals surface area (Å²) in [5, 5.41) is 8.93. The van der Waals surface area contributed by atoms with Gasteiger partial charge in [0.25, 0.3) is 0 Å². The number of aliphatic carboxylic acids is 1. The molecular weight excluding hydrogens is 225 g/mol. The van der Waals surface area contributed by atoms with E-state index in [2.05, 4.69) is 4.98 Å². The number of halogens is 2. The summed E-state index contributed by atoms with van der Waals surface area (Å²) in [6.45, 7) is 0. The Balaban J connectivity index is 2.81. The van der Waals surface area contributed by atoms with Gasteiger partial charge in [0.2, 0.25) is 0 Å². The highest BCUT2D eigenvalue weighted by molar-refractivity contribution is 6.42. The molecule has 3 nitrogen and oxygen atoms in total. The summed E-state index contributed by atoms with van der Waals surface area (Å²) in [6.07, 6.45) is 4.56. The first-order valence-corrected chi connectivity index (χ1v) is 4.55. The number of aromatic nitrogens is 1. The zero-order valence-corrected chi connectivity index (χ0v) is 8.59. The van der Waals surface area contributed by atoms with Crippen LogP contribution in [-0.2, 0) is 4.79 Å². The lowest BCUT2D eigenvalue weighted by Crippen LogP contribution is -1.89. The fraction of sp³-hybridized carbons (Fsp3) is 0.111. The highest BCUT2D eigenvalue weighted by Gasteiger charge is 2.01. The molecule has 1 N–H and O–H groups in total. The molecule has 1 aromatic heterocycles. The molecule has 0 aliphatic heterocycles. The molecule has 1 aromatic rings. The Kier molecular flexibility index (Phi) is 3.92. The van der Waals surface area contributed by atoms with Gasteiger partial charge in [-0.15, -0.1) is 0 Å². The monoisotopic (exact) mass is 231 g/mol. The van der Waals surface area contributed by atoms with Crippen molar-refractivity contribution in [1.82, 2.24) is 4.98 Å². The molecule has 1 heterocycles. The van der Waals surface area contributed by atoms with Crippen molar-refractivity contribution in [3.8, 4) is 0 Å². The van der Waals surface area contributed by atoms with Crippen LogP contribution in [0.4, 0.5) is 0 Å². The number of carbonyl (C=O) groups is 1. The second-order valence-corrected chi connectivity index (χ2v) is 3.24. The summed E-state index contributed by atoms with van der Waals surface area (Å²) in [5.74, 6) is -0.891. The lowest BCUT2D eigenvalue weighted by atomic mass is 10.2. The van der Waals surface area contributed by atoms with Crippen LogP contribution >= 0.6 is 23.2 Å². The Morgan fingerprint density at radius 2 is 2.29 bits per heavy atom. The van der Waals surface area contributed by atoms with E-state index >= 15 is 0 Å². The summed E-state index contributed by atoms with van der Waals surface area (Å²) < 4.78 is 0. The van der Waals surface area contributed by atoms with Crippen LogP contribution in [0.25, 0.3) is 6.08 Å². The van der Waals surface area contributed by atoms with E-state index < -0.39 is 5.97 Å². The molecule has 0 fully saturated rings. The molecule has 0 amide bonds. The van der Waals surface area contributed by atoms with Crippen LogP contribution < -0.4 is 0 Å². The first-order chi connectivity index (χ1) is 6.61. The molecule has 14 heavy (non-hydrogen) atoms. The standard InChI is InChI=1S/C9H7Cl2NO2/c10-8-6(2-1-3-7(13)14)4-5-12-9(8)11/h1-2,4-5H,3H2,(H,13,14). The predicted molar refractivity (Wildman–Crippen MR) is 55.5 cm³/mol. The van der Waals surface area contributed by atoms with Gasteiger partial charge < -0.3 is 5.11 Å². The minimum absolute atomic E-state index is 0.0454. The lowest BCUT2D eigenvalue weighted by molar-refractivity contribution is -0.135. The van der Waals surface area contributed by atoms with E-state index in [1.165, 1.54) is 12.3 Å². The van der Waals surface area contributed by atoms with Crippen LogP contribution in [0.5, 0.6) is 0 Å². The van der Waals surface area contributed by atoms with Gasteiger partial charge in [-0.25, -0.2) is 4.98 Å². The largest absolute Gasteiger partial charge is 0.481 e. The Morgan fingerprint density at radius 3 is 2.93 bits per heavy atom. The van der Waals surface area contributed by atoms with E-state index in [-0.39, 0.29) is 11.6 Å². The minimum atomic E-state index is -0.891. The van der Waals surface area contributed by atoms with Gasteiger partial charge in [0.05, 0.1) is 11.4 Å². The summed E-state index contributed by atoms with van der Waals surface area (Å²) in [5.41, 5.74) is 0.660. The predicted octanol–water partition coefficient (Wildman–Crippen LogP) is 2.88. The van der Waals surface area contributed by atoms with Crippen molar-refractivity contribution >= 4 is 35.2 Å². The van der Waals surface area contributed by atoms with Crippen LogP contribution in [-0.4, -0.2) is 16.1 Å². The number of carboxylic acid groups (broad SMARTS) is 1. The molecule has 1 rings (SSSR count). The summed E-state index contributed by atoms with van der Waals surface area (Å²) in [6, 6.07) is 1.66. The third-order valence-corrected chi connectivity index (χ3v) is 2.25. The average molecular weight is 232 g/mol. The molecular formula is C9H7Cl2NO2. The third-order valence-electron chi connectivity index (χ3n) is 1.47. The molecule has 0 radical (unpaired) electrons. The second-order valence-electron chi connectivity index (χ2n) is 2.51. The molecule has 0 unspecified atom stereocenters. The number of carboxylic acids is 1. The van der Waals surface area contributed by atoms with Crippen molar-refractivity contribution in [3.63, 3.8) is 0 Å². The van der Waals surface area contributed by atoms with E-state index in [0.717, 1.165) is 0 Å². The lowest BCUT2D eigenvalue weighted by Gasteiger charge is -1.98. The maximum Gasteiger partial charge on any atom is 0.307 e. The Bertz CT molecular complexity index is 377. The minimum Gasteiger partial charge on any atom is -0.481 e. The van der Waals surface area contributed by atoms with E-state index in [4.69, 9.17) is 28.3 Å². The van der Waals surface area contributed by atoms with Gasteiger partial charge in [0.15, 0.2) is 0 Å². The van der Waals surface area contributed by atoms with Crippen molar-refractivity contribution in [1.29, 1.82) is 0 Å². The van der Waals surface area contributed by atoms with Crippen molar-refractivity contribution in [2.75, 3.05) is 0 Å². The smallest absolute Gasteiger partial charge is 0.307 e. The third kappa shape index (κ3) is 3.01. The van der Waals surface area contributed by atoms with Crippen LogP contribution in [0, 0.1) is 0 Å². The topological polar surface area (TPSA) is 50.2 Å². The molecule has 0 aliphatic rings. The molecule has 5 heteroatoms. The molecule has 0 bridgehead atoms. The Morgan fingerprint density at radius 1 is 1.57 bits per heavy atom. The number of hydrogen-bond acceptors (Lipinski definition) is 2. The Hall–Kier alpha value is -1.06. The number of rotatable bonds is 3. The molecule has 0 saturated heterocycles. The van der Waals surface area contributed by atoms with Gasteiger partial charge in [0.1, 0.15) is 5.15 Å². The fourth-order valence-electron chi connectivity index (χ4n) is 0.847. The van der Waals surface area contributed by atoms with Gasteiger partial charge in [-0.3, -0.25) is 4.79 Å². The van der Waals surface area contributed by atoms with E-state index in [0.29, 0.717) is 10.6 Å². The quantitative estimate of drug-likeness (QED) is 0.815. The second kappa shape index (κ2) is 4.98. The molecule has 0 aromatic carbocycles. The van der Waals surface area contributed by atoms with Gasteiger partial charge >= 0.3 is 5.97 Å². The van der Waals surface area contributed by atoms with Gasteiger partial charge in [-0.2, -0.15) is 0 Å². The average Bonchev–Trinajstić information content (AvgIpc) is 2.12. The summed E-state index contributed by atoms with van der Waals surface area (Å²) in [7, 11) is 0. The van der Waals surface area contributed by atoms with Crippen molar-refractivity contribution in [2.24, 2.45) is 0 Å². The summed E-state index contributed by atoms with van der Waals surface area (Å²) >= 11 is 11.5. The van der Waals surface area contributed by atoms with E-state index in [9.17, 15) is 4.79 Å². The summed E-state index contributed by atoms with van der Waals surface area (Å²) in [4.78, 5) is 14.0. The maximum atomic E-state index is 10.2. The van der Waals surface area contributed by atoms with Gasteiger partial charge in [-0.1, -0.05) is 35.4 Å². The van der Waals surface area contributed by atoms with Crippen molar-refractivity contribution in [2.45, 2.75) is 6.42 Å². The molecule has 0 aliphatic carbocycles. The van der Waals surface area contributed by atoms with Gasteiger partial charge in [-0.05, 0) is 11.6 Å². The number of pyridine rings is 1. The zero-order chi connectivity index (χ0) is 10.6. The first-order valence-electron chi connectivity index (χ1n) is 3.79. The zero-order valence-electron chi connectivity index (χ0n) is 7.08. The van der Waals surface area contributed by atoms with Crippen LogP contribution in [0.2, 0.25) is 10.2 Å².